The topological polar surface area (TPSA) is 67.1 Å². The van der Waals surface area contributed by atoms with Gasteiger partial charge in [0.25, 0.3) is 0 Å². The van der Waals surface area contributed by atoms with Crippen molar-refractivity contribution >= 4 is 11.7 Å². The van der Waals surface area contributed by atoms with E-state index in [0.29, 0.717) is 18.8 Å². The highest BCUT2D eigenvalue weighted by Gasteiger charge is 2.32. The molecule has 5 heteroatoms. The van der Waals surface area contributed by atoms with Gasteiger partial charge in [0.1, 0.15) is 5.82 Å². The number of amides is 2. The van der Waals surface area contributed by atoms with E-state index in [1.165, 1.54) is 37.1 Å². The molecule has 4 N–H and O–H groups in total. The van der Waals surface area contributed by atoms with E-state index < -0.39 is 0 Å². The number of hydrogen-bond acceptors (Lipinski definition) is 2. The van der Waals surface area contributed by atoms with Crippen LogP contribution in [0.5, 0.6) is 0 Å². The Bertz CT molecular complexity index is 427. The summed E-state index contributed by atoms with van der Waals surface area (Å²) in [4.78, 5) is 11.8. The Labute approximate surface area is 112 Å². The lowest BCUT2D eigenvalue weighted by Gasteiger charge is -2.27. The summed E-state index contributed by atoms with van der Waals surface area (Å²) in [6.07, 6.45) is 4.50. The van der Waals surface area contributed by atoms with Gasteiger partial charge in [-0.3, -0.25) is 0 Å². The molecule has 1 fully saturated rings. The van der Waals surface area contributed by atoms with Crippen LogP contribution in [0.3, 0.4) is 0 Å². The molecule has 104 valence electrons. The lowest BCUT2D eigenvalue weighted by molar-refractivity contribution is 0.239. The summed E-state index contributed by atoms with van der Waals surface area (Å²) in [5.41, 5.74) is 6.44. The standard InChI is InChI=1S/C14H20FN3O/c15-11-3-5-12(6-4-11)18-13(19)17-10-14(9-16)7-1-2-8-14/h3-6H,1-2,7-10,16H2,(H2,17,18,19). The Hall–Kier alpha value is -1.62. The minimum Gasteiger partial charge on any atom is -0.337 e. The third-order valence-corrected chi connectivity index (χ3v) is 3.82. The van der Waals surface area contributed by atoms with Gasteiger partial charge in [-0.1, -0.05) is 12.8 Å². The van der Waals surface area contributed by atoms with Gasteiger partial charge in [0.2, 0.25) is 0 Å². The van der Waals surface area contributed by atoms with Crippen LogP contribution in [0.25, 0.3) is 0 Å². The number of urea groups is 1. The Kier molecular flexibility index (Phi) is 4.37. The zero-order valence-electron chi connectivity index (χ0n) is 10.9. The maximum Gasteiger partial charge on any atom is 0.319 e. The van der Waals surface area contributed by atoms with Gasteiger partial charge in [-0.05, 0) is 43.7 Å². The average Bonchev–Trinajstić information content (AvgIpc) is 2.89. The Morgan fingerprint density at radius 2 is 1.89 bits per heavy atom. The van der Waals surface area contributed by atoms with Crippen LogP contribution in [0.1, 0.15) is 25.7 Å². The summed E-state index contributed by atoms with van der Waals surface area (Å²) in [5.74, 6) is -0.320. The van der Waals surface area contributed by atoms with E-state index >= 15 is 0 Å². The van der Waals surface area contributed by atoms with Gasteiger partial charge in [-0.2, -0.15) is 0 Å². The van der Waals surface area contributed by atoms with Crippen molar-refractivity contribution in [3.63, 3.8) is 0 Å². The third-order valence-electron chi connectivity index (χ3n) is 3.82. The monoisotopic (exact) mass is 265 g/mol. The zero-order chi connectivity index (χ0) is 13.7. The van der Waals surface area contributed by atoms with Crippen molar-refractivity contribution in [2.75, 3.05) is 18.4 Å². The second-order valence-corrected chi connectivity index (χ2v) is 5.23. The quantitative estimate of drug-likeness (QED) is 0.783. The Morgan fingerprint density at radius 3 is 2.47 bits per heavy atom. The van der Waals surface area contributed by atoms with Crippen molar-refractivity contribution in [2.24, 2.45) is 11.1 Å². The zero-order valence-corrected chi connectivity index (χ0v) is 10.9. The minimum absolute atomic E-state index is 0.0557. The van der Waals surface area contributed by atoms with Crippen molar-refractivity contribution in [3.8, 4) is 0 Å². The van der Waals surface area contributed by atoms with Crippen LogP contribution in [-0.2, 0) is 0 Å². The number of anilines is 1. The van der Waals surface area contributed by atoms with Crippen LogP contribution in [0.2, 0.25) is 0 Å². The molecule has 0 radical (unpaired) electrons. The molecular formula is C14H20FN3O. The first kappa shape index (κ1) is 13.8. The van der Waals surface area contributed by atoms with E-state index in [1.54, 1.807) is 0 Å². The Balaban J connectivity index is 1.82. The Morgan fingerprint density at radius 1 is 1.26 bits per heavy atom. The molecule has 1 saturated carbocycles. The summed E-state index contributed by atoms with van der Waals surface area (Å²) in [7, 11) is 0. The SMILES string of the molecule is NCC1(CNC(=O)Nc2ccc(F)cc2)CCCC1. The highest BCUT2D eigenvalue weighted by atomic mass is 19.1. The van der Waals surface area contributed by atoms with Crippen molar-refractivity contribution < 1.29 is 9.18 Å². The van der Waals surface area contributed by atoms with E-state index in [9.17, 15) is 9.18 Å². The molecule has 0 aromatic heterocycles. The van der Waals surface area contributed by atoms with Crippen molar-refractivity contribution in [1.82, 2.24) is 5.32 Å². The first-order valence-corrected chi connectivity index (χ1v) is 6.64. The molecule has 1 aromatic rings. The van der Waals surface area contributed by atoms with E-state index in [0.717, 1.165) is 12.8 Å². The van der Waals surface area contributed by atoms with Crippen molar-refractivity contribution in [1.29, 1.82) is 0 Å². The highest BCUT2D eigenvalue weighted by molar-refractivity contribution is 5.89. The molecule has 0 bridgehead atoms. The smallest absolute Gasteiger partial charge is 0.319 e. The molecule has 0 saturated heterocycles. The predicted molar refractivity (Wildman–Crippen MR) is 73.4 cm³/mol. The van der Waals surface area contributed by atoms with E-state index in [4.69, 9.17) is 5.73 Å². The molecule has 4 nitrogen and oxygen atoms in total. The number of halogens is 1. The number of nitrogens with two attached hydrogens (primary N) is 1. The summed E-state index contributed by atoms with van der Waals surface area (Å²) in [6, 6.07) is 5.42. The fourth-order valence-electron chi connectivity index (χ4n) is 2.55. The van der Waals surface area contributed by atoms with Gasteiger partial charge in [-0.15, -0.1) is 0 Å². The minimum atomic E-state index is -0.320. The van der Waals surface area contributed by atoms with Crippen LogP contribution >= 0.6 is 0 Å². The number of benzene rings is 1. The van der Waals surface area contributed by atoms with Gasteiger partial charge < -0.3 is 16.4 Å². The highest BCUT2D eigenvalue weighted by Crippen LogP contribution is 2.36. The lowest BCUT2D eigenvalue weighted by Crippen LogP contribution is -2.42. The summed E-state index contributed by atoms with van der Waals surface area (Å²) in [5, 5.41) is 5.53. The van der Waals surface area contributed by atoms with Gasteiger partial charge in [0, 0.05) is 17.6 Å². The first-order chi connectivity index (χ1) is 9.13. The lowest BCUT2D eigenvalue weighted by atomic mass is 9.86. The molecule has 19 heavy (non-hydrogen) atoms. The molecule has 1 aliphatic carbocycles. The third kappa shape index (κ3) is 3.67. The van der Waals surface area contributed by atoms with Gasteiger partial charge in [0.05, 0.1) is 0 Å². The van der Waals surface area contributed by atoms with Crippen LogP contribution in [-0.4, -0.2) is 19.1 Å². The predicted octanol–water partition coefficient (Wildman–Crippen LogP) is 2.47. The molecule has 0 spiro atoms. The van der Waals surface area contributed by atoms with Crippen molar-refractivity contribution in [3.05, 3.63) is 30.1 Å². The summed E-state index contributed by atoms with van der Waals surface area (Å²) >= 11 is 0. The second kappa shape index (κ2) is 6.02. The first-order valence-electron chi connectivity index (χ1n) is 6.64. The van der Waals surface area contributed by atoms with Crippen LogP contribution in [0, 0.1) is 11.2 Å². The van der Waals surface area contributed by atoms with Crippen LogP contribution in [0.4, 0.5) is 14.9 Å². The fraction of sp³-hybridized carbons (Fsp3) is 0.500. The molecule has 1 aromatic carbocycles. The van der Waals surface area contributed by atoms with E-state index in [2.05, 4.69) is 10.6 Å². The molecule has 0 aliphatic heterocycles. The van der Waals surface area contributed by atoms with Crippen molar-refractivity contribution in [2.45, 2.75) is 25.7 Å². The van der Waals surface area contributed by atoms with Crippen LogP contribution in [0.15, 0.2) is 24.3 Å². The normalized spacial score (nSPS) is 17.2. The second-order valence-electron chi connectivity index (χ2n) is 5.23. The molecule has 0 atom stereocenters. The van der Waals surface area contributed by atoms with Gasteiger partial charge >= 0.3 is 6.03 Å². The van der Waals surface area contributed by atoms with E-state index in [-0.39, 0.29) is 17.3 Å². The number of carbonyl (C=O) groups is 1. The molecule has 2 rings (SSSR count). The number of carbonyl (C=O) groups excluding carboxylic acids is 1. The van der Waals surface area contributed by atoms with Crippen LogP contribution < -0.4 is 16.4 Å². The molecule has 2 amide bonds. The van der Waals surface area contributed by atoms with Gasteiger partial charge in [0.15, 0.2) is 0 Å². The molecular weight excluding hydrogens is 245 g/mol. The summed E-state index contributed by atoms with van der Waals surface area (Å²) < 4.78 is 12.7. The number of hydrogen-bond donors (Lipinski definition) is 3. The molecule has 1 aliphatic rings. The number of nitrogens with one attached hydrogen (secondary N) is 2. The molecule has 0 heterocycles. The largest absolute Gasteiger partial charge is 0.337 e. The maximum atomic E-state index is 12.7. The van der Waals surface area contributed by atoms with Gasteiger partial charge in [-0.25, -0.2) is 9.18 Å². The fourth-order valence-corrected chi connectivity index (χ4v) is 2.55. The summed E-state index contributed by atoms with van der Waals surface area (Å²) in [6.45, 7) is 1.19. The maximum absolute atomic E-state index is 12.7. The number of rotatable bonds is 4. The average molecular weight is 265 g/mol. The molecule has 0 unspecified atom stereocenters. The van der Waals surface area contributed by atoms with E-state index in [1.807, 2.05) is 0 Å².